The van der Waals surface area contributed by atoms with Crippen LogP contribution < -0.4 is 0 Å². The molecule has 3 aliphatic rings. The first-order valence-corrected chi connectivity index (χ1v) is 7.28. The van der Waals surface area contributed by atoms with Crippen molar-refractivity contribution >= 4 is 5.78 Å². The number of ether oxygens (including phenoxy) is 1. The van der Waals surface area contributed by atoms with Gasteiger partial charge in [-0.25, -0.2) is 0 Å². The van der Waals surface area contributed by atoms with E-state index in [1.165, 1.54) is 0 Å². The number of carbonyl (C=O) groups excluding carboxylic acids is 1. The van der Waals surface area contributed by atoms with Crippen LogP contribution in [-0.2, 0) is 9.53 Å². The van der Waals surface area contributed by atoms with Crippen molar-refractivity contribution in [1.82, 2.24) is 0 Å². The van der Waals surface area contributed by atoms with E-state index in [0.29, 0.717) is 18.1 Å². The number of hydrogen-bond donors (Lipinski definition) is 1. The van der Waals surface area contributed by atoms with Gasteiger partial charge in [0.15, 0.2) is 5.78 Å². The molecular formula is C15H22O3. The molecule has 1 heterocycles. The van der Waals surface area contributed by atoms with E-state index in [1.54, 1.807) is 6.08 Å². The molecule has 0 spiro atoms. The first-order valence-electron chi connectivity index (χ1n) is 7.28. The number of allylic oxidation sites excluding steroid dienone is 2. The fraction of sp³-hybridized carbons (Fsp3) is 0.800. The lowest BCUT2D eigenvalue weighted by molar-refractivity contribution is -0.119. The van der Waals surface area contributed by atoms with Crippen LogP contribution in [-0.4, -0.2) is 29.2 Å². The molecule has 0 aromatic heterocycles. The van der Waals surface area contributed by atoms with Gasteiger partial charge in [-0.3, -0.25) is 4.79 Å². The van der Waals surface area contributed by atoms with Gasteiger partial charge in [0, 0.05) is 5.92 Å². The zero-order valence-electron chi connectivity index (χ0n) is 10.8. The van der Waals surface area contributed by atoms with Gasteiger partial charge in [0.1, 0.15) is 0 Å². The highest BCUT2D eigenvalue weighted by atomic mass is 16.6. The van der Waals surface area contributed by atoms with Crippen molar-refractivity contribution in [2.24, 2.45) is 11.8 Å². The van der Waals surface area contributed by atoms with Gasteiger partial charge in [-0.15, -0.1) is 0 Å². The molecule has 3 nitrogen and oxygen atoms in total. The molecule has 0 bridgehead atoms. The SMILES string of the molecule is O=C(/C=C/C1CCC2OC2C1)C1CCC(O)CC1. The Kier molecular flexibility index (Phi) is 3.53. The van der Waals surface area contributed by atoms with Crippen molar-refractivity contribution in [3.8, 4) is 0 Å². The van der Waals surface area contributed by atoms with Crippen molar-refractivity contribution in [2.75, 3.05) is 0 Å². The highest BCUT2D eigenvalue weighted by Crippen LogP contribution is 2.39. The van der Waals surface area contributed by atoms with Crippen LogP contribution in [0.1, 0.15) is 44.9 Å². The third kappa shape index (κ3) is 2.83. The van der Waals surface area contributed by atoms with Crippen LogP contribution in [0.25, 0.3) is 0 Å². The van der Waals surface area contributed by atoms with E-state index >= 15 is 0 Å². The average Bonchev–Trinajstić information content (AvgIpc) is 3.15. The van der Waals surface area contributed by atoms with Gasteiger partial charge >= 0.3 is 0 Å². The van der Waals surface area contributed by atoms with Crippen LogP contribution >= 0.6 is 0 Å². The predicted molar refractivity (Wildman–Crippen MR) is 68.1 cm³/mol. The normalized spacial score (nSPS) is 43.7. The van der Waals surface area contributed by atoms with Crippen molar-refractivity contribution in [3.05, 3.63) is 12.2 Å². The largest absolute Gasteiger partial charge is 0.393 e. The first kappa shape index (κ1) is 12.4. The Bertz CT molecular complexity index is 342. The van der Waals surface area contributed by atoms with E-state index in [0.717, 1.165) is 44.9 Å². The Morgan fingerprint density at radius 2 is 1.83 bits per heavy atom. The zero-order chi connectivity index (χ0) is 12.5. The van der Waals surface area contributed by atoms with E-state index in [9.17, 15) is 9.90 Å². The number of aliphatic hydroxyl groups is 1. The highest BCUT2D eigenvalue weighted by molar-refractivity contribution is 5.91. The van der Waals surface area contributed by atoms with Gasteiger partial charge in [0.25, 0.3) is 0 Å². The molecule has 3 rings (SSSR count). The van der Waals surface area contributed by atoms with Gasteiger partial charge in [-0.2, -0.15) is 0 Å². The Labute approximate surface area is 108 Å². The van der Waals surface area contributed by atoms with Crippen molar-refractivity contribution in [1.29, 1.82) is 0 Å². The second-order valence-electron chi connectivity index (χ2n) is 6.05. The molecule has 1 saturated heterocycles. The minimum atomic E-state index is -0.180. The molecule has 2 saturated carbocycles. The smallest absolute Gasteiger partial charge is 0.158 e. The monoisotopic (exact) mass is 250 g/mol. The van der Waals surface area contributed by atoms with Crippen LogP contribution in [0.2, 0.25) is 0 Å². The van der Waals surface area contributed by atoms with Crippen LogP contribution in [0, 0.1) is 11.8 Å². The minimum Gasteiger partial charge on any atom is -0.393 e. The molecule has 3 heteroatoms. The maximum atomic E-state index is 12.0. The predicted octanol–water partition coefficient (Wildman–Crippen LogP) is 2.23. The van der Waals surface area contributed by atoms with Crippen LogP contribution in [0.3, 0.4) is 0 Å². The fourth-order valence-electron chi connectivity index (χ4n) is 3.34. The number of ketones is 1. The molecule has 1 aliphatic heterocycles. The number of aliphatic hydroxyl groups excluding tert-OH is 1. The lowest BCUT2D eigenvalue weighted by Crippen LogP contribution is -2.23. The van der Waals surface area contributed by atoms with Gasteiger partial charge in [-0.05, 0) is 56.9 Å². The lowest BCUT2D eigenvalue weighted by Gasteiger charge is -2.23. The molecule has 2 aliphatic carbocycles. The van der Waals surface area contributed by atoms with Crippen LogP contribution in [0.15, 0.2) is 12.2 Å². The Balaban J connectivity index is 1.47. The molecule has 3 fully saturated rings. The van der Waals surface area contributed by atoms with E-state index in [4.69, 9.17) is 4.74 Å². The second-order valence-corrected chi connectivity index (χ2v) is 6.05. The molecule has 100 valence electrons. The van der Waals surface area contributed by atoms with E-state index in [-0.39, 0.29) is 17.8 Å². The van der Waals surface area contributed by atoms with Crippen LogP contribution in [0.4, 0.5) is 0 Å². The molecule has 0 aromatic carbocycles. The van der Waals surface area contributed by atoms with Gasteiger partial charge in [0.2, 0.25) is 0 Å². The summed E-state index contributed by atoms with van der Waals surface area (Å²) in [4.78, 5) is 12.0. The molecule has 3 atom stereocenters. The molecular weight excluding hydrogens is 228 g/mol. The summed E-state index contributed by atoms with van der Waals surface area (Å²) in [7, 11) is 0. The van der Waals surface area contributed by atoms with E-state index < -0.39 is 0 Å². The maximum Gasteiger partial charge on any atom is 0.158 e. The van der Waals surface area contributed by atoms with Crippen molar-refractivity contribution in [3.63, 3.8) is 0 Å². The standard InChI is InChI=1S/C15H22O3/c16-12-5-3-11(4-6-12)13(17)7-1-10-2-8-14-15(9-10)18-14/h1,7,10-12,14-16H,2-6,8-9H2/b7-1+. The Hall–Kier alpha value is -0.670. The number of hydrogen-bond acceptors (Lipinski definition) is 3. The summed E-state index contributed by atoms with van der Waals surface area (Å²) < 4.78 is 5.50. The molecule has 3 unspecified atom stereocenters. The molecule has 0 amide bonds. The first-order chi connectivity index (χ1) is 8.72. The Morgan fingerprint density at radius 1 is 1.06 bits per heavy atom. The number of fused-ring (bicyclic) bond motifs is 1. The van der Waals surface area contributed by atoms with Gasteiger partial charge in [0.05, 0.1) is 18.3 Å². The van der Waals surface area contributed by atoms with Crippen molar-refractivity contribution in [2.45, 2.75) is 63.3 Å². The summed E-state index contributed by atoms with van der Waals surface area (Å²) in [6.07, 6.45) is 11.4. The van der Waals surface area contributed by atoms with E-state index in [1.807, 2.05) is 0 Å². The molecule has 18 heavy (non-hydrogen) atoms. The highest BCUT2D eigenvalue weighted by Gasteiger charge is 2.43. The van der Waals surface area contributed by atoms with Gasteiger partial charge < -0.3 is 9.84 Å². The molecule has 1 N–H and O–H groups in total. The summed E-state index contributed by atoms with van der Waals surface area (Å²) >= 11 is 0. The number of rotatable bonds is 3. The van der Waals surface area contributed by atoms with E-state index in [2.05, 4.69) is 6.08 Å². The topological polar surface area (TPSA) is 49.8 Å². The quantitative estimate of drug-likeness (QED) is 0.617. The Morgan fingerprint density at radius 3 is 2.56 bits per heavy atom. The summed E-state index contributed by atoms with van der Waals surface area (Å²) in [5, 5.41) is 9.43. The summed E-state index contributed by atoms with van der Waals surface area (Å²) in [6.45, 7) is 0. The third-order valence-electron chi connectivity index (χ3n) is 4.68. The fourth-order valence-corrected chi connectivity index (χ4v) is 3.34. The van der Waals surface area contributed by atoms with Crippen LogP contribution in [0.5, 0.6) is 0 Å². The maximum absolute atomic E-state index is 12.0. The number of epoxide rings is 1. The number of carbonyl (C=O) groups is 1. The summed E-state index contributed by atoms with van der Waals surface area (Å²) in [5.74, 6) is 0.950. The lowest BCUT2D eigenvalue weighted by atomic mass is 9.83. The molecule has 0 radical (unpaired) electrons. The zero-order valence-corrected chi connectivity index (χ0v) is 10.8. The molecule has 0 aromatic rings. The summed E-state index contributed by atoms with van der Waals surface area (Å²) in [5.41, 5.74) is 0. The minimum absolute atomic E-state index is 0.151. The summed E-state index contributed by atoms with van der Waals surface area (Å²) in [6, 6.07) is 0. The van der Waals surface area contributed by atoms with Gasteiger partial charge in [-0.1, -0.05) is 6.08 Å². The second kappa shape index (κ2) is 5.14. The average molecular weight is 250 g/mol. The third-order valence-corrected chi connectivity index (χ3v) is 4.68. The van der Waals surface area contributed by atoms with Crippen molar-refractivity contribution < 1.29 is 14.6 Å².